The molecule has 3 aliphatic rings. The predicted octanol–water partition coefficient (Wildman–Crippen LogP) is 2.63. The van der Waals surface area contributed by atoms with Crippen molar-refractivity contribution in [3.05, 3.63) is 0 Å². The lowest BCUT2D eigenvalue weighted by Gasteiger charge is -2.34. The first-order valence-corrected chi connectivity index (χ1v) is 8.26. The molecule has 106 valence electrons. The van der Waals surface area contributed by atoms with Gasteiger partial charge in [-0.05, 0) is 51.7 Å². The van der Waals surface area contributed by atoms with Gasteiger partial charge in [-0.15, -0.1) is 0 Å². The van der Waals surface area contributed by atoms with Gasteiger partial charge in [-0.3, -0.25) is 9.80 Å². The largest absolute Gasteiger partial charge is 0.299 e. The summed E-state index contributed by atoms with van der Waals surface area (Å²) in [5.74, 6) is 0.287. The van der Waals surface area contributed by atoms with Crippen molar-refractivity contribution in [2.45, 2.75) is 63.5 Å². The molecule has 3 nitrogen and oxygen atoms in total. The summed E-state index contributed by atoms with van der Waals surface area (Å²) >= 11 is 0. The van der Waals surface area contributed by atoms with Crippen molar-refractivity contribution < 1.29 is 0 Å². The van der Waals surface area contributed by atoms with Crippen molar-refractivity contribution in [3.8, 4) is 6.07 Å². The zero-order chi connectivity index (χ0) is 13.1. The highest BCUT2D eigenvalue weighted by Crippen LogP contribution is 2.30. The maximum Gasteiger partial charge on any atom is 0.0672 e. The fourth-order valence-electron chi connectivity index (χ4n) is 4.41. The summed E-state index contributed by atoms with van der Waals surface area (Å²) in [4.78, 5) is 5.38. The van der Waals surface area contributed by atoms with Gasteiger partial charge in [0.25, 0.3) is 0 Å². The minimum Gasteiger partial charge on any atom is -0.299 e. The lowest BCUT2D eigenvalue weighted by molar-refractivity contribution is 0.139. The van der Waals surface area contributed by atoms with Crippen LogP contribution in [0, 0.1) is 17.2 Å². The second-order valence-corrected chi connectivity index (χ2v) is 6.62. The van der Waals surface area contributed by atoms with Gasteiger partial charge in [-0.2, -0.15) is 5.26 Å². The van der Waals surface area contributed by atoms with Crippen LogP contribution in [0.2, 0.25) is 0 Å². The molecule has 3 fully saturated rings. The molecule has 0 radical (unpaired) electrons. The van der Waals surface area contributed by atoms with Gasteiger partial charge >= 0.3 is 0 Å². The first-order chi connectivity index (χ1) is 9.38. The SMILES string of the molecule is N#CC1CCCCCC1N1CCCN2CCCC2C1. The third kappa shape index (κ3) is 2.95. The second kappa shape index (κ2) is 6.24. The summed E-state index contributed by atoms with van der Waals surface area (Å²) in [6.07, 6.45) is 10.4. The van der Waals surface area contributed by atoms with Crippen LogP contribution < -0.4 is 0 Å². The van der Waals surface area contributed by atoms with Gasteiger partial charge in [0, 0.05) is 18.6 Å². The molecule has 0 amide bonds. The molecule has 0 N–H and O–H groups in total. The number of fused-ring (bicyclic) bond motifs is 1. The Balaban J connectivity index is 1.70. The van der Waals surface area contributed by atoms with E-state index in [0.717, 1.165) is 12.5 Å². The van der Waals surface area contributed by atoms with Crippen molar-refractivity contribution in [2.75, 3.05) is 26.2 Å². The van der Waals surface area contributed by atoms with Crippen LogP contribution >= 0.6 is 0 Å². The number of nitriles is 1. The Kier molecular flexibility index (Phi) is 4.40. The summed E-state index contributed by atoms with van der Waals surface area (Å²) in [6.45, 7) is 5.04. The molecule has 3 unspecified atom stereocenters. The number of hydrogen-bond donors (Lipinski definition) is 0. The van der Waals surface area contributed by atoms with Gasteiger partial charge in [-0.25, -0.2) is 0 Å². The van der Waals surface area contributed by atoms with E-state index in [0.29, 0.717) is 6.04 Å². The van der Waals surface area contributed by atoms with E-state index in [2.05, 4.69) is 15.9 Å². The molecule has 0 bridgehead atoms. The van der Waals surface area contributed by atoms with E-state index in [9.17, 15) is 5.26 Å². The Morgan fingerprint density at radius 3 is 2.47 bits per heavy atom. The highest BCUT2D eigenvalue weighted by molar-refractivity contribution is 4.97. The fraction of sp³-hybridized carbons (Fsp3) is 0.938. The summed E-state index contributed by atoms with van der Waals surface area (Å²) in [7, 11) is 0. The molecule has 3 rings (SSSR count). The standard InChI is InChI=1S/C16H27N3/c17-12-14-6-2-1-3-8-16(14)19-11-5-10-18-9-4-7-15(18)13-19/h14-16H,1-11,13H2. The number of hydrogen-bond acceptors (Lipinski definition) is 3. The molecule has 2 heterocycles. The van der Waals surface area contributed by atoms with Crippen molar-refractivity contribution in [1.82, 2.24) is 9.80 Å². The Hall–Kier alpha value is -0.590. The van der Waals surface area contributed by atoms with Crippen LogP contribution in [0.15, 0.2) is 0 Å². The lowest BCUT2D eigenvalue weighted by atomic mass is 9.94. The Labute approximate surface area is 117 Å². The van der Waals surface area contributed by atoms with Crippen LogP contribution in [0.1, 0.15) is 51.4 Å². The van der Waals surface area contributed by atoms with E-state index in [-0.39, 0.29) is 5.92 Å². The third-order valence-corrected chi connectivity index (χ3v) is 5.45. The normalized spacial score (nSPS) is 38.2. The zero-order valence-corrected chi connectivity index (χ0v) is 12.1. The van der Waals surface area contributed by atoms with Gasteiger partial charge in [0.15, 0.2) is 0 Å². The quantitative estimate of drug-likeness (QED) is 0.680. The van der Waals surface area contributed by atoms with Crippen LogP contribution in [-0.4, -0.2) is 48.1 Å². The molecule has 2 aliphatic heterocycles. The molecule has 1 aliphatic carbocycles. The summed E-state index contributed by atoms with van der Waals surface area (Å²) in [5.41, 5.74) is 0. The monoisotopic (exact) mass is 261 g/mol. The van der Waals surface area contributed by atoms with E-state index in [1.807, 2.05) is 0 Å². The average Bonchev–Trinajstić information content (AvgIpc) is 2.66. The molecule has 0 aromatic heterocycles. The maximum absolute atomic E-state index is 9.49. The summed E-state index contributed by atoms with van der Waals surface area (Å²) in [6, 6.07) is 3.95. The van der Waals surface area contributed by atoms with Gasteiger partial charge < -0.3 is 0 Å². The predicted molar refractivity (Wildman–Crippen MR) is 76.8 cm³/mol. The van der Waals surface area contributed by atoms with E-state index in [4.69, 9.17) is 0 Å². The molecule has 0 aromatic rings. The Bertz CT molecular complexity index is 335. The first-order valence-electron chi connectivity index (χ1n) is 8.26. The minimum atomic E-state index is 0.287. The minimum absolute atomic E-state index is 0.287. The molecule has 19 heavy (non-hydrogen) atoms. The van der Waals surface area contributed by atoms with Crippen LogP contribution in [0.3, 0.4) is 0 Å². The molecule has 3 atom stereocenters. The highest BCUT2D eigenvalue weighted by atomic mass is 15.3. The molecular formula is C16H27N3. The fourth-order valence-corrected chi connectivity index (χ4v) is 4.41. The topological polar surface area (TPSA) is 30.3 Å². The summed E-state index contributed by atoms with van der Waals surface area (Å²) < 4.78 is 0. The lowest BCUT2D eigenvalue weighted by Crippen LogP contribution is -2.44. The van der Waals surface area contributed by atoms with Crippen molar-refractivity contribution in [1.29, 1.82) is 5.26 Å². The Morgan fingerprint density at radius 1 is 0.789 bits per heavy atom. The van der Waals surface area contributed by atoms with Crippen LogP contribution in [0.5, 0.6) is 0 Å². The van der Waals surface area contributed by atoms with E-state index >= 15 is 0 Å². The van der Waals surface area contributed by atoms with E-state index in [1.165, 1.54) is 71.1 Å². The third-order valence-electron chi connectivity index (χ3n) is 5.45. The second-order valence-electron chi connectivity index (χ2n) is 6.62. The maximum atomic E-state index is 9.49. The van der Waals surface area contributed by atoms with Gasteiger partial charge in [0.05, 0.1) is 12.0 Å². The molecule has 1 saturated carbocycles. The number of nitrogens with zero attached hydrogens (tertiary/aromatic N) is 3. The van der Waals surface area contributed by atoms with Gasteiger partial charge in [0.2, 0.25) is 0 Å². The smallest absolute Gasteiger partial charge is 0.0672 e. The van der Waals surface area contributed by atoms with Gasteiger partial charge in [-0.1, -0.05) is 19.3 Å². The number of rotatable bonds is 1. The van der Waals surface area contributed by atoms with Crippen LogP contribution in [-0.2, 0) is 0 Å². The average molecular weight is 261 g/mol. The molecule has 3 heteroatoms. The van der Waals surface area contributed by atoms with Crippen molar-refractivity contribution in [2.24, 2.45) is 5.92 Å². The first kappa shape index (κ1) is 13.4. The van der Waals surface area contributed by atoms with Gasteiger partial charge in [0.1, 0.15) is 0 Å². The van der Waals surface area contributed by atoms with E-state index < -0.39 is 0 Å². The molecule has 2 saturated heterocycles. The van der Waals surface area contributed by atoms with Crippen molar-refractivity contribution >= 4 is 0 Å². The highest BCUT2D eigenvalue weighted by Gasteiger charge is 2.34. The summed E-state index contributed by atoms with van der Waals surface area (Å²) in [5, 5.41) is 9.49. The zero-order valence-electron chi connectivity index (χ0n) is 12.1. The molecule has 0 aromatic carbocycles. The van der Waals surface area contributed by atoms with Crippen molar-refractivity contribution in [3.63, 3.8) is 0 Å². The molecule has 0 spiro atoms. The van der Waals surface area contributed by atoms with Crippen LogP contribution in [0.4, 0.5) is 0 Å². The van der Waals surface area contributed by atoms with E-state index in [1.54, 1.807) is 0 Å². The van der Waals surface area contributed by atoms with Crippen LogP contribution in [0.25, 0.3) is 0 Å². The molecular weight excluding hydrogens is 234 g/mol. The Morgan fingerprint density at radius 2 is 1.58 bits per heavy atom.